The van der Waals surface area contributed by atoms with E-state index in [4.69, 9.17) is 28.0 Å². The maximum absolute atomic E-state index is 8.00. The molecule has 2 rings (SSSR count). The van der Waals surface area contributed by atoms with Crippen molar-refractivity contribution in [3.05, 3.63) is 84.9 Å². The summed E-state index contributed by atoms with van der Waals surface area (Å²) in [7, 11) is 0. The van der Waals surface area contributed by atoms with E-state index in [0.717, 1.165) is 11.1 Å². The normalized spacial score (nSPS) is 8.30. The predicted molar refractivity (Wildman–Crippen MR) is 89.8 cm³/mol. The van der Waals surface area contributed by atoms with E-state index in [1.807, 2.05) is 67.5 Å². The van der Waals surface area contributed by atoms with Crippen LogP contribution in [0.4, 0.5) is 0 Å². The van der Waals surface area contributed by atoms with Crippen LogP contribution in [0.5, 0.6) is 0 Å². The van der Waals surface area contributed by atoms with Gasteiger partial charge in [0.2, 0.25) is 0 Å². The van der Waals surface area contributed by atoms with Gasteiger partial charge in [0, 0.05) is 10.1 Å². The molecule has 2 aromatic rings. The summed E-state index contributed by atoms with van der Waals surface area (Å²) in [6.45, 7) is 9.18. The lowest BCUT2D eigenvalue weighted by Crippen LogP contribution is -1.70. The van der Waals surface area contributed by atoms with Gasteiger partial charge in [-0.2, -0.15) is 0 Å². The minimum atomic E-state index is 0.593. The van der Waals surface area contributed by atoms with E-state index in [2.05, 4.69) is 13.2 Å². The number of hydrogen-bond donors (Lipinski definition) is 0. The van der Waals surface area contributed by atoms with Crippen molar-refractivity contribution in [3.63, 3.8) is 0 Å². The molecule has 0 aliphatic heterocycles. The smallest absolute Gasteiger partial charge is 0.106 e. The third kappa shape index (κ3) is 7.57. The molecule has 0 aliphatic carbocycles. The molecule has 0 aromatic heterocycles. The molecule has 0 saturated carbocycles. The van der Waals surface area contributed by atoms with Gasteiger partial charge < -0.3 is 4.79 Å². The summed E-state index contributed by atoms with van der Waals surface area (Å²) in [5.41, 5.74) is 1.97. The molecular weight excluding hydrogens is 291 g/mol. The Labute approximate surface area is 130 Å². The van der Waals surface area contributed by atoms with E-state index in [1.54, 1.807) is 0 Å². The lowest BCUT2D eigenvalue weighted by molar-refractivity contribution is -0.0979. The first-order valence-corrected chi connectivity index (χ1v) is 6.45. The van der Waals surface area contributed by atoms with Gasteiger partial charge in [-0.05, 0) is 11.1 Å². The third-order valence-corrected chi connectivity index (χ3v) is 2.61. The second-order valence-corrected chi connectivity index (χ2v) is 4.45. The fourth-order valence-electron chi connectivity index (χ4n) is 1.24. The fraction of sp³-hybridized carbons (Fsp3) is 0. The minimum Gasteiger partial charge on any atom is -0.307 e. The van der Waals surface area contributed by atoms with Crippen LogP contribution in [0.3, 0.4) is 0 Å². The monoisotopic (exact) mass is 306 g/mol. The third-order valence-electron chi connectivity index (χ3n) is 2.17. The van der Waals surface area contributed by atoms with Crippen molar-refractivity contribution in [2.24, 2.45) is 0 Å². The van der Waals surface area contributed by atoms with E-state index in [9.17, 15) is 0 Å². The van der Waals surface area contributed by atoms with Crippen molar-refractivity contribution in [3.8, 4) is 0 Å². The van der Waals surface area contributed by atoms with Crippen LogP contribution in [-0.4, -0.2) is 6.79 Å². The van der Waals surface area contributed by atoms with E-state index >= 15 is 0 Å². The van der Waals surface area contributed by atoms with Crippen LogP contribution in [-0.2, 0) is 4.79 Å². The van der Waals surface area contributed by atoms with Gasteiger partial charge in [-0.1, -0.05) is 97.0 Å². The SMILES string of the molecule is C=C(Cl)c1ccccc1.C=C(Cl)c1ccccc1.C=O. The fourth-order valence-corrected chi connectivity index (χ4v) is 1.49. The van der Waals surface area contributed by atoms with E-state index < -0.39 is 0 Å². The molecule has 0 atom stereocenters. The lowest BCUT2D eigenvalue weighted by atomic mass is 10.2. The summed E-state index contributed by atoms with van der Waals surface area (Å²) >= 11 is 11.2. The van der Waals surface area contributed by atoms with Crippen molar-refractivity contribution in [1.82, 2.24) is 0 Å². The predicted octanol–water partition coefficient (Wildman–Crippen LogP) is 5.61. The Morgan fingerprint density at radius 1 is 0.650 bits per heavy atom. The average Bonchev–Trinajstić information content (AvgIpc) is 2.51. The number of carbonyl (C=O) groups excluding carboxylic acids is 1. The molecular formula is C17H16Cl2O. The van der Waals surface area contributed by atoms with Crippen molar-refractivity contribution >= 4 is 40.1 Å². The molecule has 0 unspecified atom stereocenters. The number of benzene rings is 2. The first kappa shape index (κ1) is 18.2. The van der Waals surface area contributed by atoms with Crippen LogP contribution in [0.15, 0.2) is 73.8 Å². The molecule has 0 heterocycles. The maximum atomic E-state index is 8.00. The zero-order chi connectivity index (χ0) is 15.4. The second-order valence-electron chi connectivity index (χ2n) is 3.54. The molecule has 3 heteroatoms. The molecule has 0 N–H and O–H groups in total. The van der Waals surface area contributed by atoms with Crippen molar-refractivity contribution in [2.45, 2.75) is 0 Å². The van der Waals surface area contributed by atoms with E-state index in [1.165, 1.54) is 0 Å². The Kier molecular flexibility index (Phi) is 10.0. The van der Waals surface area contributed by atoms with Crippen LogP contribution in [0, 0.1) is 0 Å². The molecule has 0 spiro atoms. The maximum Gasteiger partial charge on any atom is 0.106 e. The van der Waals surface area contributed by atoms with Crippen LogP contribution in [0.2, 0.25) is 0 Å². The van der Waals surface area contributed by atoms with Gasteiger partial charge in [-0.3, -0.25) is 0 Å². The quantitative estimate of drug-likeness (QED) is 0.705. The van der Waals surface area contributed by atoms with E-state index in [0.29, 0.717) is 10.1 Å². The summed E-state index contributed by atoms with van der Waals surface area (Å²) in [5, 5.41) is 1.19. The van der Waals surface area contributed by atoms with E-state index in [-0.39, 0.29) is 0 Å². The van der Waals surface area contributed by atoms with Gasteiger partial charge in [-0.25, -0.2) is 0 Å². The van der Waals surface area contributed by atoms with Gasteiger partial charge in [-0.15, -0.1) is 0 Å². The Hall–Kier alpha value is -1.83. The zero-order valence-electron chi connectivity index (χ0n) is 11.1. The molecule has 0 fully saturated rings. The second kappa shape index (κ2) is 11.0. The first-order valence-electron chi connectivity index (χ1n) is 5.70. The van der Waals surface area contributed by atoms with Gasteiger partial charge in [0.05, 0.1) is 0 Å². The number of halogens is 2. The van der Waals surface area contributed by atoms with Crippen LogP contribution in [0.25, 0.3) is 10.1 Å². The van der Waals surface area contributed by atoms with Crippen LogP contribution < -0.4 is 0 Å². The summed E-state index contributed by atoms with van der Waals surface area (Å²) in [4.78, 5) is 8.00. The molecule has 0 radical (unpaired) electrons. The highest BCUT2D eigenvalue weighted by atomic mass is 35.5. The lowest BCUT2D eigenvalue weighted by Gasteiger charge is -1.92. The zero-order valence-corrected chi connectivity index (χ0v) is 12.6. The molecule has 104 valence electrons. The number of carbonyl (C=O) groups is 1. The largest absolute Gasteiger partial charge is 0.307 e. The average molecular weight is 307 g/mol. The molecule has 0 saturated heterocycles. The molecule has 2 aromatic carbocycles. The summed E-state index contributed by atoms with van der Waals surface area (Å²) in [6, 6.07) is 19.3. The van der Waals surface area contributed by atoms with Gasteiger partial charge >= 0.3 is 0 Å². The molecule has 0 amide bonds. The number of hydrogen-bond acceptors (Lipinski definition) is 1. The topological polar surface area (TPSA) is 17.1 Å². The first-order chi connectivity index (χ1) is 9.61. The van der Waals surface area contributed by atoms with Gasteiger partial charge in [0.25, 0.3) is 0 Å². The Bertz CT molecular complexity index is 472. The number of rotatable bonds is 2. The highest BCUT2D eigenvalue weighted by Gasteiger charge is 1.89. The molecule has 0 bridgehead atoms. The highest BCUT2D eigenvalue weighted by molar-refractivity contribution is 6.48. The van der Waals surface area contributed by atoms with Gasteiger partial charge in [0.15, 0.2) is 0 Å². The van der Waals surface area contributed by atoms with Crippen molar-refractivity contribution in [1.29, 1.82) is 0 Å². The summed E-state index contributed by atoms with van der Waals surface area (Å²) < 4.78 is 0. The van der Waals surface area contributed by atoms with Crippen LogP contribution in [0.1, 0.15) is 11.1 Å². The molecule has 0 aliphatic rings. The molecule has 1 nitrogen and oxygen atoms in total. The van der Waals surface area contributed by atoms with Crippen molar-refractivity contribution in [2.75, 3.05) is 0 Å². The van der Waals surface area contributed by atoms with Crippen LogP contribution >= 0.6 is 23.2 Å². The standard InChI is InChI=1S/2C8H7Cl.CH2O/c2*1-7(9)8-5-3-2-4-6-8;1-2/h2*2-6H,1H2;1H2. The highest BCUT2D eigenvalue weighted by Crippen LogP contribution is 2.14. The summed E-state index contributed by atoms with van der Waals surface area (Å²) in [6.07, 6.45) is 0. The summed E-state index contributed by atoms with van der Waals surface area (Å²) in [5.74, 6) is 0. The Morgan fingerprint density at radius 3 is 1.05 bits per heavy atom. The Morgan fingerprint density at radius 2 is 0.900 bits per heavy atom. The Balaban J connectivity index is 0.000000321. The molecule has 20 heavy (non-hydrogen) atoms. The van der Waals surface area contributed by atoms with Crippen molar-refractivity contribution < 1.29 is 4.79 Å². The van der Waals surface area contributed by atoms with Gasteiger partial charge in [0.1, 0.15) is 6.79 Å². The minimum absolute atomic E-state index is 0.593.